The summed E-state index contributed by atoms with van der Waals surface area (Å²) in [7, 11) is 4.95. The number of rotatable bonds is 3. The van der Waals surface area contributed by atoms with Crippen LogP contribution < -0.4 is 20.1 Å². The quantitative estimate of drug-likeness (QED) is 0.814. The zero-order valence-electron chi connectivity index (χ0n) is 10.2. The number of fused-ring (bicyclic) bond motifs is 1. The number of carbonyl (C=O) groups excluding carboxylic acids is 1. The van der Waals surface area contributed by atoms with Crippen LogP contribution in [0.25, 0.3) is 0 Å². The summed E-state index contributed by atoms with van der Waals surface area (Å²) in [5.41, 5.74) is 1.83. The van der Waals surface area contributed by atoms with Crippen LogP contribution in [-0.2, 0) is 11.2 Å². The van der Waals surface area contributed by atoms with E-state index in [4.69, 9.17) is 9.47 Å². The summed E-state index contributed by atoms with van der Waals surface area (Å²) < 4.78 is 10.4. The third-order valence-corrected chi connectivity index (χ3v) is 2.96. The summed E-state index contributed by atoms with van der Waals surface area (Å²) >= 11 is 0. The molecular formula is C12H16N2O3. The zero-order valence-corrected chi connectivity index (χ0v) is 10.2. The lowest BCUT2D eigenvalue weighted by atomic mass is 9.98. The molecule has 0 radical (unpaired) electrons. The number of ether oxygens (including phenoxy) is 2. The lowest BCUT2D eigenvalue weighted by molar-refractivity contribution is -0.118. The molecule has 2 rings (SSSR count). The molecule has 92 valence electrons. The maximum atomic E-state index is 11.7. The second-order valence-electron chi connectivity index (χ2n) is 3.90. The van der Waals surface area contributed by atoms with E-state index in [0.29, 0.717) is 17.9 Å². The van der Waals surface area contributed by atoms with Crippen LogP contribution in [0.5, 0.6) is 11.5 Å². The number of anilines is 1. The first-order valence-electron chi connectivity index (χ1n) is 5.42. The molecule has 1 aromatic carbocycles. The Labute approximate surface area is 100 Å². The van der Waals surface area contributed by atoms with Crippen molar-refractivity contribution in [2.75, 3.05) is 26.6 Å². The summed E-state index contributed by atoms with van der Waals surface area (Å²) in [5.74, 6) is 1.28. The first kappa shape index (κ1) is 11.7. The number of methoxy groups -OCH3 is 2. The highest BCUT2D eigenvalue weighted by Crippen LogP contribution is 2.35. The maximum absolute atomic E-state index is 11.7. The predicted molar refractivity (Wildman–Crippen MR) is 64.7 cm³/mol. The molecule has 0 fully saturated rings. The molecule has 0 aliphatic carbocycles. The number of hydrogen-bond acceptors (Lipinski definition) is 4. The minimum absolute atomic E-state index is 0.0211. The van der Waals surface area contributed by atoms with Gasteiger partial charge in [-0.05, 0) is 25.1 Å². The van der Waals surface area contributed by atoms with Crippen LogP contribution >= 0.6 is 0 Å². The number of likely N-dealkylation sites (N-methyl/N-ethyl adjacent to an activating group) is 1. The first-order chi connectivity index (χ1) is 8.19. The molecule has 1 aliphatic heterocycles. The zero-order chi connectivity index (χ0) is 12.4. The molecule has 2 N–H and O–H groups in total. The highest BCUT2D eigenvalue weighted by Gasteiger charge is 2.26. The Morgan fingerprint density at radius 3 is 2.53 bits per heavy atom. The Kier molecular flexibility index (Phi) is 3.19. The van der Waals surface area contributed by atoms with E-state index in [-0.39, 0.29) is 11.9 Å². The number of amides is 1. The smallest absolute Gasteiger partial charge is 0.241 e. The molecule has 0 bridgehead atoms. The van der Waals surface area contributed by atoms with Gasteiger partial charge in [0.25, 0.3) is 0 Å². The van der Waals surface area contributed by atoms with Gasteiger partial charge in [-0.15, -0.1) is 0 Å². The van der Waals surface area contributed by atoms with Crippen LogP contribution in [0.1, 0.15) is 5.56 Å². The Morgan fingerprint density at radius 2 is 1.94 bits per heavy atom. The lowest BCUT2D eigenvalue weighted by Gasteiger charge is -2.25. The summed E-state index contributed by atoms with van der Waals surface area (Å²) in [5, 5.41) is 5.83. The molecule has 1 aliphatic rings. The number of hydrogen-bond donors (Lipinski definition) is 2. The number of carbonyl (C=O) groups is 1. The Morgan fingerprint density at radius 1 is 1.29 bits per heavy atom. The molecule has 5 nitrogen and oxygen atoms in total. The van der Waals surface area contributed by atoms with E-state index < -0.39 is 0 Å². The second kappa shape index (κ2) is 4.63. The Hall–Kier alpha value is -1.75. The molecule has 1 atom stereocenters. The summed E-state index contributed by atoms with van der Waals surface area (Å²) in [6.45, 7) is 0. The molecule has 5 heteroatoms. The minimum Gasteiger partial charge on any atom is -0.493 e. The lowest BCUT2D eigenvalue weighted by Crippen LogP contribution is -2.43. The normalized spacial score (nSPS) is 18.3. The molecule has 0 aromatic heterocycles. The van der Waals surface area contributed by atoms with Crippen molar-refractivity contribution >= 4 is 11.6 Å². The van der Waals surface area contributed by atoms with E-state index in [1.165, 1.54) is 0 Å². The van der Waals surface area contributed by atoms with Crippen LogP contribution in [0.4, 0.5) is 5.69 Å². The van der Waals surface area contributed by atoms with Gasteiger partial charge in [0.05, 0.1) is 20.3 Å². The molecule has 17 heavy (non-hydrogen) atoms. The first-order valence-corrected chi connectivity index (χ1v) is 5.42. The van der Waals surface area contributed by atoms with E-state index in [1.807, 2.05) is 6.07 Å². The van der Waals surface area contributed by atoms with Crippen LogP contribution in [-0.4, -0.2) is 33.2 Å². The van der Waals surface area contributed by atoms with E-state index in [2.05, 4.69) is 10.6 Å². The van der Waals surface area contributed by atoms with Crippen molar-refractivity contribution in [3.8, 4) is 11.5 Å². The van der Waals surface area contributed by atoms with Gasteiger partial charge >= 0.3 is 0 Å². The number of nitrogens with one attached hydrogen (secondary N) is 2. The van der Waals surface area contributed by atoms with Crippen molar-refractivity contribution in [1.29, 1.82) is 0 Å². The van der Waals surface area contributed by atoms with Crippen LogP contribution in [0.3, 0.4) is 0 Å². The van der Waals surface area contributed by atoms with Crippen molar-refractivity contribution in [3.05, 3.63) is 17.7 Å². The number of benzene rings is 1. The fourth-order valence-electron chi connectivity index (χ4n) is 1.97. The average Bonchev–Trinajstić information content (AvgIpc) is 2.36. The van der Waals surface area contributed by atoms with Crippen molar-refractivity contribution in [2.24, 2.45) is 0 Å². The van der Waals surface area contributed by atoms with Crippen molar-refractivity contribution < 1.29 is 14.3 Å². The second-order valence-corrected chi connectivity index (χ2v) is 3.90. The van der Waals surface area contributed by atoms with Gasteiger partial charge in [0.1, 0.15) is 0 Å². The third kappa shape index (κ3) is 2.06. The highest BCUT2D eigenvalue weighted by atomic mass is 16.5. The maximum Gasteiger partial charge on any atom is 0.241 e. The van der Waals surface area contributed by atoms with Gasteiger partial charge in [0, 0.05) is 11.8 Å². The predicted octanol–water partition coefficient (Wildman–Crippen LogP) is 0.786. The van der Waals surface area contributed by atoms with E-state index in [0.717, 1.165) is 11.3 Å². The van der Waals surface area contributed by atoms with Crippen LogP contribution in [0.15, 0.2) is 12.1 Å². The Balaban J connectivity index is 2.41. The minimum atomic E-state index is -0.194. The average molecular weight is 236 g/mol. The van der Waals surface area contributed by atoms with E-state index in [9.17, 15) is 4.79 Å². The summed E-state index contributed by atoms with van der Waals surface area (Å²) in [6.07, 6.45) is 0.651. The van der Waals surface area contributed by atoms with E-state index >= 15 is 0 Å². The molecular weight excluding hydrogens is 220 g/mol. The third-order valence-electron chi connectivity index (χ3n) is 2.96. The standard InChI is InChI=1S/C12H16N2O3/c1-13-9-4-7-5-10(16-2)11(17-3)6-8(7)14-12(9)15/h5-6,9,13H,4H2,1-3H3,(H,14,15). The van der Waals surface area contributed by atoms with Gasteiger partial charge in [-0.3, -0.25) is 4.79 Å². The summed E-state index contributed by atoms with van der Waals surface area (Å²) in [4.78, 5) is 11.7. The van der Waals surface area contributed by atoms with Gasteiger partial charge in [0.2, 0.25) is 5.91 Å². The molecule has 0 spiro atoms. The molecule has 1 aromatic rings. The SMILES string of the molecule is CNC1Cc2cc(OC)c(OC)cc2NC1=O. The Bertz CT molecular complexity index is 446. The molecule has 1 unspecified atom stereocenters. The molecule has 0 saturated carbocycles. The fourth-order valence-corrected chi connectivity index (χ4v) is 1.97. The van der Waals surface area contributed by atoms with Crippen molar-refractivity contribution in [2.45, 2.75) is 12.5 Å². The van der Waals surface area contributed by atoms with Crippen LogP contribution in [0.2, 0.25) is 0 Å². The van der Waals surface area contributed by atoms with Gasteiger partial charge in [-0.25, -0.2) is 0 Å². The molecule has 1 amide bonds. The topological polar surface area (TPSA) is 59.6 Å². The van der Waals surface area contributed by atoms with Crippen molar-refractivity contribution in [1.82, 2.24) is 5.32 Å². The van der Waals surface area contributed by atoms with E-state index in [1.54, 1.807) is 27.3 Å². The van der Waals surface area contributed by atoms with Gasteiger partial charge in [-0.1, -0.05) is 0 Å². The molecule has 0 saturated heterocycles. The van der Waals surface area contributed by atoms with Crippen molar-refractivity contribution in [3.63, 3.8) is 0 Å². The molecule has 1 heterocycles. The van der Waals surface area contributed by atoms with Gasteiger partial charge in [-0.2, -0.15) is 0 Å². The monoisotopic (exact) mass is 236 g/mol. The van der Waals surface area contributed by atoms with Gasteiger partial charge < -0.3 is 20.1 Å². The fraction of sp³-hybridized carbons (Fsp3) is 0.417. The summed E-state index contributed by atoms with van der Waals surface area (Å²) in [6, 6.07) is 3.50. The van der Waals surface area contributed by atoms with Gasteiger partial charge in [0.15, 0.2) is 11.5 Å². The highest BCUT2D eigenvalue weighted by molar-refractivity contribution is 5.98. The van der Waals surface area contributed by atoms with Crippen LogP contribution in [0, 0.1) is 0 Å². The largest absolute Gasteiger partial charge is 0.493 e.